The third kappa shape index (κ3) is 3.31. The van der Waals surface area contributed by atoms with E-state index >= 15 is 0 Å². The van der Waals surface area contributed by atoms with Crippen LogP contribution in [0.15, 0.2) is 30.3 Å². The minimum atomic E-state index is -1.06. The second kappa shape index (κ2) is 5.82. The van der Waals surface area contributed by atoms with Gasteiger partial charge in [-0.15, -0.1) is 0 Å². The van der Waals surface area contributed by atoms with E-state index in [2.05, 4.69) is 5.32 Å². The fourth-order valence-electron chi connectivity index (χ4n) is 1.71. The molecule has 0 bridgehead atoms. The molecular weight excluding hydrogens is 288 g/mol. The lowest BCUT2D eigenvalue weighted by molar-refractivity contribution is 0.0946. The van der Waals surface area contributed by atoms with Crippen LogP contribution < -0.4 is 11.1 Å². The molecule has 2 aromatic carbocycles. The number of hydrogen-bond donors (Lipinski definition) is 2. The van der Waals surface area contributed by atoms with Gasteiger partial charge >= 0.3 is 0 Å². The molecule has 2 aromatic rings. The smallest absolute Gasteiger partial charge is 0.254 e. The van der Waals surface area contributed by atoms with E-state index in [4.69, 9.17) is 5.73 Å². The summed E-state index contributed by atoms with van der Waals surface area (Å²) < 4.78 is 52.8. The van der Waals surface area contributed by atoms with Crippen molar-refractivity contribution in [1.29, 1.82) is 0 Å². The molecule has 0 spiro atoms. The van der Waals surface area contributed by atoms with Gasteiger partial charge in [0.1, 0.15) is 17.5 Å². The Kier molecular flexibility index (Phi) is 4.11. The van der Waals surface area contributed by atoms with Crippen molar-refractivity contribution in [2.75, 3.05) is 5.73 Å². The van der Waals surface area contributed by atoms with Crippen LogP contribution in [0.4, 0.5) is 23.2 Å². The van der Waals surface area contributed by atoms with Crippen LogP contribution in [-0.2, 0) is 6.54 Å². The number of hydrogen-bond acceptors (Lipinski definition) is 2. The number of rotatable bonds is 3. The lowest BCUT2D eigenvalue weighted by atomic mass is 10.1. The summed E-state index contributed by atoms with van der Waals surface area (Å²) in [7, 11) is 0. The average molecular weight is 298 g/mol. The maximum Gasteiger partial charge on any atom is 0.254 e. The van der Waals surface area contributed by atoms with Crippen LogP contribution in [0.1, 0.15) is 15.9 Å². The molecule has 0 aromatic heterocycles. The molecule has 0 fully saturated rings. The minimum Gasteiger partial charge on any atom is -0.396 e. The summed E-state index contributed by atoms with van der Waals surface area (Å²) in [6, 6.07) is 4.24. The Morgan fingerprint density at radius 1 is 1.05 bits per heavy atom. The Morgan fingerprint density at radius 2 is 1.76 bits per heavy atom. The Labute approximate surface area is 117 Å². The molecule has 0 saturated carbocycles. The molecule has 0 saturated heterocycles. The van der Waals surface area contributed by atoms with Crippen molar-refractivity contribution in [2.24, 2.45) is 0 Å². The van der Waals surface area contributed by atoms with E-state index in [9.17, 15) is 22.4 Å². The third-order valence-electron chi connectivity index (χ3n) is 2.76. The van der Waals surface area contributed by atoms with Crippen molar-refractivity contribution in [2.45, 2.75) is 6.54 Å². The summed E-state index contributed by atoms with van der Waals surface area (Å²) in [5.41, 5.74) is 4.13. The molecule has 1 amide bonds. The number of nitrogen functional groups attached to an aromatic ring is 1. The molecule has 21 heavy (non-hydrogen) atoms. The second-order valence-electron chi connectivity index (χ2n) is 4.27. The normalized spacial score (nSPS) is 10.5. The van der Waals surface area contributed by atoms with E-state index in [1.54, 1.807) is 0 Å². The van der Waals surface area contributed by atoms with Gasteiger partial charge in [0, 0.05) is 18.2 Å². The van der Waals surface area contributed by atoms with E-state index in [0.717, 1.165) is 18.2 Å². The van der Waals surface area contributed by atoms with Gasteiger partial charge in [-0.1, -0.05) is 6.07 Å². The predicted octanol–water partition coefficient (Wildman–Crippen LogP) is 2.76. The molecule has 0 atom stereocenters. The van der Waals surface area contributed by atoms with E-state index in [1.807, 2.05) is 0 Å². The highest BCUT2D eigenvalue weighted by atomic mass is 19.1. The molecule has 0 aliphatic rings. The molecule has 0 unspecified atom stereocenters. The maximum absolute atomic E-state index is 13.6. The first kappa shape index (κ1) is 14.8. The summed E-state index contributed by atoms with van der Waals surface area (Å²) in [4.78, 5) is 11.8. The fraction of sp³-hybridized carbons (Fsp3) is 0.0714. The summed E-state index contributed by atoms with van der Waals surface area (Å²) in [6.07, 6.45) is 0. The van der Waals surface area contributed by atoms with Crippen molar-refractivity contribution in [3.05, 3.63) is 64.7 Å². The topological polar surface area (TPSA) is 55.1 Å². The molecule has 3 N–H and O–H groups in total. The second-order valence-corrected chi connectivity index (χ2v) is 4.27. The number of carbonyl (C=O) groups excluding carboxylic acids is 1. The van der Waals surface area contributed by atoms with Gasteiger partial charge in [0.25, 0.3) is 5.91 Å². The molecule has 7 heteroatoms. The van der Waals surface area contributed by atoms with Crippen molar-refractivity contribution in [3.8, 4) is 0 Å². The molecule has 110 valence electrons. The standard InChI is InChI=1S/C14H10F4N2O/c15-8-2-1-7(11(17)4-8)6-20-14(21)10-3-9(16)5-12(19)13(10)18/h1-5H,6,19H2,(H,20,21). The lowest BCUT2D eigenvalue weighted by Gasteiger charge is -2.08. The molecule has 0 aliphatic heterocycles. The monoisotopic (exact) mass is 298 g/mol. The van der Waals surface area contributed by atoms with Gasteiger partial charge in [-0.3, -0.25) is 4.79 Å². The molecule has 0 heterocycles. The SMILES string of the molecule is Nc1cc(F)cc(C(=O)NCc2ccc(F)cc2F)c1F. The zero-order valence-corrected chi connectivity index (χ0v) is 10.6. The zero-order chi connectivity index (χ0) is 15.6. The van der Waals surface area contributed by atoms with Crippen molar-refractivity contribution in [3.63, 3.8) is 0 Å². The Hall–Kier alpha value is -2.57. The number of carbonyl (C=O) groups is 1. The quantitative estimate of drug-likeness (QED) is 0.676. The maximum atomic E-state index is 13.6. The van der Waals surface area contributed by atoms with Crippen LogP contribution in [0, 0.1) is 23.3 Å². The summed E-state index contributed by atoms with van der Waals surface area (Å²) in [6.45, 7) is -0.305. The van der Waals surface area contributed by atoms with Gasteiger partial charge in [0.2, 0.25) is 0 Å². The fourth-order valence-corrected chi connectivity index (χ4v) is 1.71. The van der Waals surface area contributed by atoms with Crippen LogP contribution in [0.2, 0.25) is 0 Å². The van der Waals surface area contributed by atoms with Gasteiger partial charge in [-0.25, -0.2) is 17.6 Å². The highest BCUT2D eigenvalue weighted by Gasteiger charge is 2.16. The van der Waals surface area contributed by atoms with Crippen molar-refractivity contribution in [1.82, 2.24) is 5.32 Å². The van der Waals surface area contributed by atoms with Crippen LogP contribution >= 0.6 is 0 Å². The number of nitrogens with two attached hydrogens (primary N) is 1. The van der Waals surface area contributed by atoms with Gasteiger partial charge in [-0.05, 0) is 18.2 Å². The van der Waals surface area contributed by atoms with Gasteiger partial charge in [-0.2, -0.15) is 0 Å². The van der Waals surface area contributed by atoms with E-state index < -0.39 is 40.4 Å². The summed E-state index contributed by atoms with van der Waals surface area (Å²) in [5.74, 6) is -4.50. The predicted molar refractivity (Wildman–Crippen MR) is 68.3 cm³/mol. The highest BCUT2D eigenvalue weighted by Crippen LogP contribution is 2.17. The Balaban J connectivity index is 2.15. The Morgan fingerprint density at radius 3 is 2.43 bits per heavy atom. The van der Waals surface area contributed by atoms with Crippen molar-refractivity contribution >= 4 is 11.6 Å². The third-order valence-corrected chi connectivity index (χ3v) is 2.76. The van der Waals surface area contributed by atoms with Gasteiger partial charge in [0.15, 0.2) is 5.82 Å². The van der Waals surface area contributed by atoms with Crippen molar-refractivity contribution < 1.29 is 22.4 Å². The summed E-state index contributed by atoms with van der Waals surface area (Å²) in [5, 5.41) is 2.21. The number of amides is 1. The largest absolute Gasteiger partial charge is 0.396 e. The first-order valence-electron chi connectivity index (χ1n) is 5.85. The highest BCUT2D eigenvalue weighted by molar-refractivity contribution is 5.95. The first-order chi connectivity index (χ1) is 9.88. The zero-order valence-electron chi connectivity index (χ0n) is 10.6. The number of anilines is 1. The molecule has 2 rings (SSSR count). The van der Waals surface area contributed by atoms with E-state index in [-0.39, 0.29) is 12.1 Å². The first-order valence-corrected chi connectivity index (χ1v) is 5.85. The van der Waals surface area contributed by atoms with Crippen LogP contribution in [-0.4, -0.2) is 5.91 Å². The van der Waals surface area contributed by atoms with E-state index in [0.29, 0.717) is 12.1 Å². The van der Waals surface area contributed by atoms with Crippen LogP contribution in [0.25, 0.3) is 0 Å². The molecule has 0 radical (unpaired) electrons. The number of nitrogens with one attached hydrogen (secondary N) is 1. The molecule has 3 nitrogen and oxygen atoms in total. The molecular formula is C14H10F4N2O. The Bertz CT molecular complexity index is 704. The molecule has 0 aliphatic carbocycles. The van der Waals surface area contributed by atoms with E-state index in [1.165, 1.54) is 0 Å². The lowest BCUT2D eigenvalue weighted by Crippen LogP contribution is -2.25. The van der Waals surface area contributed by atoms with Crippen LogP contribution in [0.3, 0.4) is 0 Å². The number of benzene rings is 2. The number of halogens is 4. The average Bonchev–Trinajstić information content (AvgIpc) is 2.41. The van der Waals surface area contributed by atoms with Crippen LogP contribution in [0.5, 0.6) is 0 Å². The minimum absolute atomic E-state index is 0.00883. The summed E-state index contributed by atoms with van der Waals surface area (Å²) >= 11 is 0. The van der Waals surface area contributed by atoms with Gasteiger partial charge in [0.05, 0.1) is 11.3 Å². The van der Waals surface area contributed by atoms with Gasteiger partial charge < -0.3 is 11.1 Å².